The van der Waals surface area contributed by atoms with Gasteiger partial charge < -0.3 is 9.15 Å². The highest BCUT2D eigenvalue weighted by Gasteiger charge is 2.19. The standard InChI is InChI=1S/C21H22Cl2N4O2/c22-17-3-1-16(2-4-17)21-25-24-20(29-21)15-27-11-9-26(10-12-27)13-14-28-19-7-5-18(23)6-8-19/h1-8H,9-15H2. The van der Waals surface area contributed by atoms with Gasteiger partial charge in [-0.3, -0.25) is 9.80 Å². The van der Waals surface area contributed by atoms with Crippen LogP contribution in [0.15, 0.2) is 52.9 Å². The van der Waals surface area contributed by atoms with Crippen molar-refractivity contribution < 1.29 is 9.15 Å². The summed E-state index contributed by atoms with van der Waals surface area (Å²) in [5, 5.41) is 9.74. The van der Waals surface area contributed by atoms with E-state index in [1.165, 1.54) is 0 Å². The van der Waals surface area contributed by atoms with Crippen molar-refractivity contribution in [1.82, 2.24) is 20.0 Å². The topological polar surface area (TPSA) is 54.6 Å². The first-order valence-electron chi connectivity index (χ1n) is 9.57. The Morgan fingerprint density at radius 1 is 0.828 bits per heavy atom. The molecule has 2 heterocycles. The molecule has 2 aromatic carbocycles. The van der Waals surface area contributed by atoms with Crippen LogP contribution in [0.4, 0.5) is 0 Å². The first-order valence-corrected chi connectivity index (χ1v) is 10.3. The first kappa shape index (κ1) is 20.2. The number of halogens is 2. The smallest absolute Gasteiger partial charge is 0.247 e. The number of ether oxygens (including phenoxy) is 1. The second kappa shape index (κ2) is 9.59. The Bertz CT molecular complexity index is 907. The molecule has 0 atom stereocenters. The molecule has 0 saturated carbocycles. The molecule has 3 aromatic rings. The second-order valence-corrected chi connectivity index (χ2v) is 7.80. The van der Waals surface area contributed by atoms with E-state index in [1.54, 1.807) is 0 Å². The highest BCUT2D eigenvalue weighted by atomic mass is 35.5. The summed E-state index contributed by atoms with van der Waals surface area (Å²) in [5.41, 5.74) is 0.874. The molecular weight excluding hydrogens is 411 g/mol. The van der Waals surface area contributed by atoms with Crippen LogP contribution in [0, 0.1) is 0 Å². The Labute approximate surface area is 180 Å². The molecule has 1 aliphatic rings. The minimum absolute atomic E-state index is 0.523. The summed E-state index contributed by atoms with van der Waals surface area (Å²) >= 11 is 11.8. The van der Waals surface area contributed by atoms with Crippen LogP contribution in [0.25, 0.3) is 11.5 Å². The lowest BCUT2D eigenvalue weighted by Crippen LogP contribution is -2.47. The Hall–Kier alpha value is -2.12. The van der Waals surface area contributed by atoms with Crippen LogP contribution in [-0.2, 0) is 6.54 Å². The Morgan fingerprint density at radius 3 is 2.14 bits per heavy atom. The van der Waals surface area contributed by atoms with Gasteiger partial charge in [0.15, 0.2) is 0 Å². The number of benzene rings is 2. The minimum Gasteiger partial charge on any atom is -0.492 e. The number of hydrogen-bond acceptors (Lipinski definition) is 6. The Morgan fingerprint density at radius 2 is 1.45 bits per heavy atom. The van der Waals surface area contributed by atoms with Crippen LogP contribution in [0.1, 0.15) is 5.89 Å². The zero-order valence-electron chi connectivity index (χ0n) is 15.9. The zero-order valence-corrected chi connectivity index (χ0v) is 17.4. The van der Waals surface area contributed by atoms with Gasteiger partial charge in [-0.25, -0.2) is 0 Å². The third kappa shape index (κ3) is 5.70. The molecule has 0 aliphatic carbocycles. The maximum absolute atomic E-state index is 5.92. The third-order valence-corrected chi connectivity index (χ3v) is 5.38. The van der Waals surface area contributed by atoms with Gasteiger partial charge in [0.1, 0.15) is 12.4 Å². The molecule has 1 aromatic heterocycles. The van der Waals surface area contributed by atoms with Gasteiger partial charge in [0.25, 0.3) is 0 Å². The quantitative estimate of drug-likeness (QED) is 0.556. The van der Waals surface area contributed by atoms with Crippen LogP contribution in [-0.4, -0.2) is 59.3 Å². The molecular formula is C21H22Cl2N4O2. The number of nitrogens with zero attached hydrogens (tertiary/aromatic N) is 4. The Kier molecular flexibility index (Phi) is 6.67. The van der Waals surface area contributed by atoms with Crippen molar-refractivity contribution in [3.05, 3.63) is 64.5 Å². The van der Waals surface area contributed by atoms with Crippen LogP contribution in [0.2, 0.25) is 10.0 Å². The van der Waals surface area contributed by atoms with Crippen molar-refractivity contribution in [3.8, 4) is 17.2 Å². The number of piperazine rings is 1. The van der Waals surface area contributed by atoms with Crippen molar-refractivity contribution in [2.45, 2.75) is 6.54 Å². The molecule has 29 heavy (non-hydrogen) atoms. The molecule has 152 valence electrons. The molecule has 0 amide bonds. The molecule has 0 radical (unpaired) electrons. The summed E-state index contributed by atoms with van der Waals surface area (Å²) in [4.78, 5) is 4.73. The van der Waals surface area contributed by atoms with Crippen molar-refractivity contribution in [1.29, 1.82) is 0 Å². The summed E-state index contributed by atoms with van der Waals surface area (Å²) in [7, 11) is 0. The fraction of sp³-hybridized carbons (Fsp3) is 0.333. The van der Waals surface area contributed by atoms with E-state index in [4.69, 9.17) is 32.4 Å². The molecule has 1 saturated heterocycles. The van der Waals surface area contributed by atoms with Gasteiger partial charge in [-0.2, -0.15) is 0 Å². The van der Waals surface area contributed by atoms with E-state index in [-0.39, 0.29) is 0 Å². The van der Waals surface area contributed by atoms with Gasteiger partial charge in [-0.1, -0.05) is 23.2 Å². The van der Waals surface area contributed by atoms with Gasteiger partial charge in [-0.15, -0.1) is 10.2 Å². The summed E-state index contributed by atoms with van der Waals surface area (Å²) < 4.78 is 11.6. The SMILES string of the molecule is Clc1ccc(OCCN2CCN(Cc3nnc(-c4ccc(Cl)cc4)o3)CC2)cc1. The van der Waals surface area contributed by atoms with E-state index in [9.17, 15) is 0 Å². The molecule has 6 nitrogen and oxygen atoms in total. The highest BCUT2D eigenvalue weighted by Crippen LogP contribution is 2.21. The molecule has 1 aliphatic heterocycles. The van der Waals surface area contributed by atoms with Crippen LogP contribution < -0.4 is 4.74 Å². The highest BCUT2D eigenvalue weighted by molar-refractivity contribution is 6.30. The van der Waals surface area contributed by atoms with E-state index < -0.39 is 0 Å². The van der Waals surface area contributed by atoms with Crippen molar-refractivity contribution in [2.75, 3.05) is 39.3 Å². The number of aromatic nitrogens is 2. The fourth-order valence-electron chi connectivity index (χ4n) is 3.21. The molecule has 0 bridgehead atoms. The fourth-order valence-corrected chi connectivity index (χ4v) is 3.46. The van der Waals surface area contributed by atoms with Gasteiger partial charge in [0, 0.05) is 48.3 Å². The lowest BCUT2D eigenvalue weighted by atomic mass is 10.2. The van der Waals surface area contributed by atoms with Gasteiger partial charge in [0.2, 0.25) is 11.8 Å². The molecule has 8 heteroatoms. The van der Waals surface area contributed by atoms with E-state index >= 15 is 0 Å². The minimum atomic E-state index is 0.523. The van der Waals surface area contributed by atoms with Gasteiger partial charge >= 0.3 is 0 Å². The van der Waals surface area contributed by atoms with Crippen LogP contribution in [0.5, 0.6) is 5.75 Å². The monoisotopic (exact) mass is 432 g/mol. The average molecular weight is 433 g/mol. The summed E-state index contributed by atoms with van der Waals surface area (Å²) in [5.74, 6) is 2.00. The summed E-state index contributed by atoms with van der Waals surface area (Å²) in [6.45, 7) is 6.12. The molecule has 0 N–H and O–H groups in total. The molecule has 1 fully saturated rings. The second-order valence-electron chi connectivity index (χ2n) is 6.93. The number of rotatable bonds is 7. The van der Waals surface area contributed by atoms with Crippen molar-refractivity contribution in [2.24, 2.45) is 0 Å². The normalized spacial score (nSPS) is 15.5. The number of hydrogen-bond donors (Lipinski definition) is 0. The van der Waals surface area contributed by atoms with E-state index in [0.717, 1.165) is 49.1 Å². The molecule has 4 rings (SSSR count). The average Bonchev–Trinajstić information content (AvgIpc) is 3.20. The van der Waals surface area contributed by atoms with Gasteiger partial charge in [0.05, 0.1) is 6.54 Å². The van der Waals surface area contributed by atoms with E-state index in [1.807, 2.05) is 48.5 Å². The van der Waals surface area contributed by atoms with Crippen LogP contribution in [0.3, 0.4) is 0 Å². The summed E-state index contributed by atoms with van der Waals surface area (Å²) in [6.07, 6.45) is 0. The lowest BCUT2D eigenvalue weighted by Gasteiger charge is -2.33. The first-order chi connectivity index (χ1) is 14.2. The van der Waals surface area contributed by atoms with E-state index in [2.05, 4.69) is 20.0 Å². The Balaban J connectivity index is 1.20. The predicted molar refractivity (Wildman–Crippen MR) is 113 cm³/mol. The maximum Gasteiger partial charge on any atom is 0.247 e. The third-order valence-electron chi connectivity index (χ3n) is 4.87. The predicted octanol–water partition coefficient (Wildman–Crippen LogP) is 4.24. The van der Waals surface area contributed by atoms with Gasteiger partial charge in [-0.05, 0) is 48.5 Å². The zero-order chi connectivity index (χ0) is 20.1. The summed E-state index contributed by atoms with van der Waals surface area (Å²) in [6, 6.07) is 14.9. The van der Waals surface area contributed by atoms with Crippen molar-refractivity contribution in [3.63, 3.8) is 0 Å². The largest absolute Gasteiger partial charge is 0.492 e. The molecule has 0 spiro atoms. The van der Waals surface area contributed by atoms with Crippen molar-refractivity contribution >= 4 is 23.2 Å². The molecule has 0 unspecified atom stereocenters. The van der Waals surface area contributed by atoms with E-state index in [0.29, 0.717) is 30.0 Å². The maximum atomic E-state index is 5.92. The lowest BCUT2D eigenvalue weighted by molar-refractivity contribution is 0.106. The van der Waals surface area contributed by atoms with Crippen LogP contribution >= 0.6 is 23.2 Å².